The Balaban J connectivity index is 1.81. The summed E-state index contributed by atoms with van der Waals surface area (Å²) in [5.74, 6) is 0.908. The maximum Gasteiger partial charge on any atom is 0.315 e. The number of rotatable bonds is 8. The highest BCUT2D eigenvalue weighted by molar-refractivity contribution is 5.73. The Hall–Kier alpha value is -2.41. The molecule has 0 aromatic carbocycles. The van der Waals surface area contributed by atoms with Gasteiger partial charge in [-0.3, -0.25) is 0 Å². The maximum absolute atomic E-state index is 11.9. The first kappa shape index (κ1) is 17.9. The van der Waals surface area contributed by atoms with Crippen LogP contribution in [-0.2, 0) is 6.54 Å². The van der Waals surface area contributed by atoms with Gasteiger partial charge >= 0.3 is 6.03 Å². The van der Waals surface area contributed by atoms with Crippen molar-refractivity contribution in [3.05, 3.63) is 42.4 Å². The third-order valence-corrected chi connectivity index (χ3v) is 4.07. The van der Waals surface area contributed by atoms with Gasteiger partial charge < -0.3 is 15.7 Å². The highest BCUT2D eigenvalue weighted by atomic mass is 16.3. The molecule has 7 nitrogen and oxygen atoms in total. The second-order valence-electron chi connectivity index (χ2n) is 5.68. The summed E-state index contributed by atoms with van der Waals surface area (Å²) in [5.41, 5.74) is 0.922. The van der Waals surface area contributed by atoms with Crippen LogP contribution in [0.5, 0.6) is 0 Å². The highest BCUT2D eigenvalue weighted by Crippen LogP contribution is 2.12. The zero-order chi connectivity index (χ0) is 17.4. The summed E-state index contributed by atoms with van der Waals surface area (Å²) in [4.78, 5) is 16.1. The number of amides is 2. The van der Waals surface area contributed by atoms with E-state index in [1.54, 1.807) is 17.1 Å². The van der Waals surface area contributed by atoms with E-state index in [4.69, 9.17) is 0 Å². The standard InChI is InChI=1S/C17H25N5O2/c1-3-14(4-2)15(23)12-20-17(24)19-11-13-6-8-18-16(10-13)22-9-5-7-21-22/h5-10,14-15,23H,3-4,11-12H2,1-2H3,(H2,19,20,24). The maximum atomic E-state index is 11.9. The molecule has 1 unspecified atom stereocenters. The topological polar surface area (TPSA) is 92.1 Å². The van der Waals surface area contributed by atoms with Gasteiger partial charge in [-0.15, -0.1) is 0 Å². The summed E-state index contributed by atoms with van der Waals surface area (Å²) in [5, 5.41) is 19.6. The van der Waals surface area contributed by atoms with Crippen LogP contribution in [0.4, 0.5) is 4.79 Å². The molecule has 2 heterocycles. The number of aromatic nitrogens is 3. The number of aliphatic hydroxyl groups is 1. The quantitative estimate of drug-likeness (QED) is 0.688. The molecule has 2 aromatic rings. The fourth-order valence-corrected chi connectivity index (χ4v) is 2.54. The summed E-state index contributed by atoms with van der Waals surface area (Å²) in [6.45, 7) is 4.72. The average molecular weight is 331 g/mol. The van der Waals surface area contributed by atoms with Crippen LogP contribution in [0.25, 0.3) is 5.82 Å². The summed E-state index contributed by atoms with van der Waals surface area (Å²) in [6, 6.07) is 5.24. The minimum absolute atomic E-state index is 0.210. The summed E-state index contributed by atoms with van der Waals surface area (Å²) < 4.78 is 1.66. The van der Waals surface area contributed by atoms with Gasteiger partial charge in [-0.2, -0.15) is 5.10 Å². The van der Waals surface area contributed by atoms with Crippen molar-refractivity contribution in [2.45, 2.75) is 39.3 Å². The van der Waals surface area contributed by atoms with Crippen molar-refractivity contribution in [3.63, 3.8) is 0 Å². The summed E-state index contributed by atoms with van der Waals surface area (Å²) in [6.07, 6.45) is 6.46. The van der Waals surface area contributed by atoms with Gasteiger partial charge in [-0.25, -0.2) is 14.5 Å². The second-order valence-corrected chi connectivity index (χ2v) is 5.68. The molecule has 0 saturated heterocycles. The summed E-state index contributed by atoms with van der Waals surface area (Å²) >= 11 is 0. The molecule has 7 heteroatoms. The van der Waals surface area contributed by atoms with E-state index < -0.39 is 6.10 Å². The fraction of sp³-hybridized carbons (Fsp3) is 0.471. The monoisotopic (exact) mass is 331 g/mol. The number of aliphatic hydroxyl groups excluding tert-OH is 1. The van der Waals surface area contributed by atoms with Crippen LogP contribution in [0.1, 0.15) is 32.3 Å². The van der Waals surface area contributed by atoms with Gasteiger partial charge in [0.1, 0.15) is 0 Å². The van der Waals surface area contributed by atoms with Crippen molar-refractivity contribution in [1.82, 2.24) is 25.4 Å². The second kappa shape index (κ2) is 9.02. The van der Waals surface area contributed by atoms with Gasteiger partial charge in [0.2, 0.25) is 0 Å². The van der Waals surface area contributed by atoms with Gasteiger partial charge in [-0.05, 0) is 29.7 Å². The average Bonchev–Trinajstić information content (AvgIpc) is 3.14. The number of hydrogen-bond acceptors (Lipinski definition) is 4. The lowest BCUT2D eigenvalue weighted by Gasteiger charge is -2.20. The van der Waals surface area contributed by atoms with Crippen LogP contribution in [0.2, 0.25) is 0 Å². The Kier molecular flexibility index (Phi) is 6.74. The van der Waals surface area contributed by atoms with E-state index in [1.807, 2.05) is 38.2 Å². The number of carbonyl (C=O) groups is 1. The number of hydrogen-bond donors (Lipinski definition) is 3. The molecule has 0 aliphatic rings. The molecule has 3 N–H and O–H groups in total. The molecule has 0 aliphatic carbocycles. The minimum atomic E-state index is -0.516. The molecule has 0 radical (unpaired) electrons. The lowest BCUT2D eigenvalue weighted by molar-refractivity contribution is 0.103. The van der Waals surface area contributed by atoms with Crippen LogP contribution in [0.15, 0.2) is 36.8 Å². The molecule has 0 aliphatic heterocycles. The van der Waals surface area contributed by atoms with Gasteiger partial charge in [0, 0.05) is 31.7 Å². The SMILES string of the molecule is CCC(CC)C(O)CNC(=O)NCc1ccnc(-n2cccn2)c1. The largest absolute Gasteiger partial charge is 0.391 e. The lowest BCUT2D eigenvalue weighted by Crippen LogP contribution is -2.41. The Labute approximate surface area is 142 Å². The molecule has 1 atom stereocenters. The third kappa shape index (κ3) is 5.06. The predicted octanol–water partition coefficient (Wildman–Crippen LogP) is 1.86. The molecule has 0 saturated carbocycles. The number of carbonyl (C=O) groups excluding carboxylic acids is 1. The molecule has 2 aromatic heterocycles. The van der Waals surface area contributed by atoms with Gasteiger partial charge in [-0.1, -0.05) is 26.7 Å². The van der Waals surface area contributed by atoms with Gasteiger partial charge in [0.15, 0.2) is 5.82 Å². The van der Waals surface area contributed by atoms with Crippen molar-refractivity contribution in [3.8, 4) is 5.82 Å². The molecular weight excluding hydrogens is 306 g/mol. The molecule has 2 amide bonds. The van der Waals surface area contributed by atoms with E-state index in [9.17, 15) is 9.90 Å². The normalized spacial score (nSPS) is 12.2. The number of nitrogens with zero attached hydrogens (tertiary/aromatic N) is 3. The molecule has 2 rings (SSSR count). The van der Waals surface area contributed by atoms with Crippen molar-refractivity contribution in [2.24, 2.45) is 5.92 Å². The van der Waals surface area contributed by atoms with E-state index in [-0.39, 0.29) is 18.5 Å². The molecule has 24 heavy (non-hydrogen) atoms. The van der Waals surface area contributed by atoms with E-state index in [1.165, 1.54) is 0 Å². The Morgan fingerprint density at radius 3 is 2.75 bits per heavy atom. The van der Waals surface area contributed by atoms with Gasteiger partial charge in [0.25, 0.3) is 0 Å². The molecular formula is C17H25N5O2. The molecule has 0 spiro atoms. The van der Waals surface area contributed by atoms with Crippen molar-refractivity contribution < 1.29 is 9.90 Å². The number of nitrogens with one attached hydrogen (secondary N) is 2. The van der Waals surface area contributed by atoms with E-state index in [0.717, 1.165) is 18.4 Å². The Bertz CT molecular complexity index is 626. The van der Waals surface area contributed by atoms with Crippen molar-refractivity contribution in [1.29, 1.82) is 0 Å². The van der Waals surface area contributed by atoms with Gasteiger partial charge in [0.05, 0.1) is 6.10 Å². The van der Waals surface area contributed by atoms with Crippen LogP contribution < -0.4 is 10.6 Å². The first-order chi connectivity index (χ1) is 11.6. The Morgan fingerprint density at radius 1 is 1.29 bits per heavy atom. The van der Waals surface area contributed by atoms with E-state index >= 15 is 0 Å². The van der Waals surface area contributed by atoms with Crippen LogP contribution in [0, 0.1) is 5.92 Å². The zero-order valence-electron chi connectivity index (χ0n) is 14.1. The van der Waals surface area contributed by atoms with E-state index in [2.05, 4.69) is 20.7 Å². The van der Waals surface area contributed by atoms with Crippen LogP contribution in [-0.4, -0.2) is 38.6 Å². The highest BCUT2D eigenvalue weighted by Gasteiger charge is 2.16. The number of pyridine rings is 1. The van der Waals surface area contributed by atoms with Crippen molar-refractivity contribution in [2.75, 3.05) is 6.54 Å². The third-order valence-electron chi connectivity index (χ3n) is 4.07. The van der Waals surface area contributed by atoms with Crippen molar-refractivity contribution >= 4 is 6.03 Å². The van der Waals surface area contributed by atoms with Crippen LogP contribution in [0.3, 0.4) is 0 Å². The summed E-state index contributed by atoms with van der Waals surface area (Å²) in [7, 11) is 0. The fourth-order valence-electron chi connectivity index (χ4n) is 2.54. The first-order valence-corrected chi connectivity index (χ1v) is 8.28. The molecule has 130 valence electrons. The smallest absolute Gasteiger partial charge is 0.315 e. The van der Waals surface area contributed by atoms with Crippen LogP contribution >= 0.6 is 0 Å². The predicted molar refractivity (Wildman–Crippen MR) is 91.7 cm³/mol. The first-order valence-electron chi connectivity index (χ1n) is 8.28. The molecule has 0 bridgehead atoms. The molecule has 0 fully saturated rings. The number of urea groups is 1. The zero-order valence-corrected chi connectivity index (χ0v) is 14.1. The Morgan fingerprint density at radius 2 is 2.08 bits per heavy atom. The lowest BCUT2D eigenvalue weighted by atomic mass is 9.97. The minimum Gasteiger partial charge on any atom is -0.391 e. The van der Waals surface area contributed by atoms with E-state index in [0.29, 0.717) is 12.4 Å².